The number of nitrogens with one attached hydrogen (secondary N) is 1. The van der Waals surface area contributed by atoms with Gasteiger partial charge in [-0.3, -0.25) is 4.79 Å². The number of hydrogen-bond donors (Lipinski definition) is 1. The van der Waals surface area contributed by atoms with Gasteiger partial charge in [0.2, 0.25) is 5.91 Å². The number of ether oxygens (including phenoxy) is 1. The van der Waals surface area contributed by atoms with E-state index >= 15 is 0 Å². The largest absolute Gasteiger partial charge is 0.467 e. The minimum Gasteiger partial charge on any atom is -0.467 e. The number of aromatic nitrogens is 1. The molecule has 1 unspecified atom stereocenters. The van der Waals surface area contributed by atoms with Crippen molar-refractivity contribution in [3.8, 4) is 10.6 Å². The lowest BCUT2D eigenvalue weighted by atomic mass is 10.2. The minimum atomic E-state index is -0.650. The second-order valence-corrected chi connectivity index (χ2v) is 5.78. The molecule has 1 atom stereocenters. The van der Waals surface area contributed by atoms with Gasteiger partial charge in [0, 0.05) is 16.3 Å². The van der Waals surface area contributed by atoms with Crippen LogP contribution in [0.2, 0.25) is 0 Å². The molecule has 2 aromatic heterocycles. The highest BCUT2D eigenvalue weighted by molar-refractivity contribution is 7.14. The fourth-order valence-corrected chi connectivity index (χ4v) is 3.13. The summed E-state index contributed by atoms with van der Waals surface area (Å²) in [6, 6.07) is 1.34. The molecule has 0 saturated carbocycles. The van der Waals surface area contributed by atoms with E-state index in [9.17, 15) is 9.59 Å². The monoisotopic (exact) mass is 310 g/mol. The highest BCUT2D eigenvalue weighted by Gasteiger charge is 2.16. The van der Waals surface area contributed by atoms with Crippen molar-refractivity contribution in [2.45, 2.75) is 19.4 Å². The van der Waals surface area contributed by atoms with Gasteiger partial charge >= 0.3 is 5.97 Å². The summed E-state index contributed by atoms with van der Waals surface area (Å²) < 4.78 is 4.55. The van der Waals surface area contributed by atoms with Crippen LogP contribution in [-0.2, 0) is 20.7 Å². The van der Waals surface area contributed by atoms with Crippen molar-refractivity contribution in [1.82, 2.24) is 10.3 Å². The molecule has 20 heavy (non-hydrogen) atoms. The number of hydrogen-bond acceptors (Lipinski definition) is 6. The lowest BCUT2D eigenvalue weighted by Crippen LogP contribution is -2.39. The highest BCUT2D eigenvalue weighted by Crippen LogP contribution is 2.25. The van der Waals surface area contributed by atoms with Gasteiger partial charge in [-0.25, -0.2) is 9.78 Å². The van der Waals surface area contributed by atoms with Crippen LogP contribution in [0.4, 0.5) is 0 Å². The molecule has 0 radical (unpaired) electrons. The van der Waals surface area contributed by atoms with Gasteiger partial charge in [0.05, 0.1) is 19.2 Å². The summed E-state index contributed by atoms with van der Waals surface area (Å²) in [6.45, 7) is 1.58. The van der Waals surface area contributed by atoms with E-state index in [2.05, 4.69) is 15.0 Å². The summed E-state index contributed by atoms with van der Waals surface area (Å²) in [5.41, 5.74) is 1.76. The first-order chi connectivity index (χ1) is 9.60. The molecule has 7 heteroatoms. The van der Waals surface area contributed by atoms with Crippen molar-refractivity contribution < 1.29 is 14.3 Å². The van der Waals surface area contributed by atoms with E-state index in [0.29, 0.717) is 5.69 Å². The molecular formula is C13H14N2O3S2. The van der Waals surface area contributed by atoms with Crippen molar-refractivity contribution in [3.05, 3.63) is 27.9 Å². The average Bonchev–Trinajstić information content (AvgIpc) is 3.07. The van der Waals surface area contributed by atoms with Crippen molar-refractivity contribution in [1.29, 1.82) is 0 Å². The second-order valence-electron chi connectivity index (χ2n) is 4.15. The van der Waals surface area contributed by atoms with E-state index in [4.69, 9.17) is 0 Å². The third kappa shape index (κ3) is 3.64. The molecule has 0 fully saturated rings. The molecule has 106 valence electrons. The number of thiophene rings is 1. The van der Waals surface area contributed by atoms with Gasteiger partial charge < -0.3 is 10.1 Å². The van der Waals surface area contributed by atoms with Crippen molar-refractivity contribution in [2.75, 3.05) is 7.11 Å². The van der Waals surface area contributed by atoms with E-state index in [-0.39, 0.29) is 12.3 Å². The van der Waals surface area contributed by atoms with Crippen LogP contribution < -0.4 is 5.32 Å². The molecular weight excluding hydrogens is 296 g/mol. The van der Waals surface area contributed by atoms with Gasteiger partial charge in [0.25, 0.3) is 0 Å². The number of rotatable bonds is 5. The molecule has 0 aliphatic heterocycles. The number of methoxy groups -OCH3 is 1. The number of thiazole rings is 1. The van der Waals surface area contributed by atoms with Gasteiger partial charge in [-0.1, -0.05) is 0 Å². The molecule has 0 aliphatic rings. The van der Waals surface area contributed by atoms with Gasteiger partial charge in [-0.2, -0.15) is 11.3 Å². The normalized spacial score (nSPS) is 11.9. The predicted octanol–water partition coefficient (Wildman–Crippen LogP) is 2.09. The van der Waals surface area contributed by atoms with E-state index in [0.717, 1.165) is 10.6 Å². The molecule has 1 amide bonds. The molecule has 1 N–H and O–H groups in total. The Morgan fingerprint density at radius 3 is 2.90 bits per heavy atom. The fourth-order valence-electron chi connectivity index (χ4n) is 1.60. The first-order valence-electron chi connectivity index (χ1n) is 5.94. The highest BCUT2D eigenvalue weighted by atomic mass is 32.1. The van der Waals surface area contributed by atoms with Gasteiger partial charge in [0.1, 0.15) is 11.0 Å². The zero-order chi connectivity index (χ0) is 14.5. The Bertz CT molecular complexity index is 593. The summed E-state index contributed by atoms with van der Waals surface area (Å²) in [7, 11) is 1.29. The first kappa shape index (κ1) is 14.7. The van der Waals surface area contributed by atoms with Crippen LogP contribution in [0.25, 0.3) is 10.6 Å². The van der Waals surface area contributed by atoms with Gasteiger partial charge in [0.15, 0.2) is 0 Å². The Morgan fingerprint density at radius 2 is 2.25 bits per heavy atom. The number of amides is 1. The SMILES string of the molecule is COC(=O)C(C)NC(=O)Cc1csc(-c2ccsc2)n1. The Morgan fingerprint density at radius 1 is 1.45 bits per heavy atom. The van der Waals surface area contributed by atoms with E-state index in [1.54, 1.807) is 18.3 Å². The Labute approximate surface area is 124 Å². The molecule has 0 saturated heterocycles. The lowest BCUT2D eigenvalue weighted by Gasteiger charge is -2.10. The maximum atomic E-state index is 11.8. The van der Waals surface area contributed by atoms with Gasteiger partial charge in [-0.05, 0) is 18.4 Å². The van der Waals surface area contributed by atoms with Crippen LogP contribution in [0.5, 0.6) is 0 Å². The van der Waals surface area contributed by atoms with Crippen LogP contribution in [-0.4, -0.2) is 30.0 Å². The fraction of sp³-hybridized carbons (Fsp3) is 0.308. The third-order valence-electron chi connectivity index (χ3n) is 2.59. The standard InChI is InChI=1S/C13H14N2O3S2/c1-8(13(17)18-2)14-11(16)5-10-7-20-12(15-10)9-3-4-19-6-9/h3-4,6-8H,5H2,1-2H3,(H,14,16). The Hall–Kier alpha value is -1.73. The maximum Gasteiger partial charge on any atom is 0.328 e. The topological polar surface area (TPSA) is 68.3 Å². The lowest BCUT2D eigenvalue weighted by molar-refractivity contribution is -0.144. The van der Waals surface area contributed by atoms with Crippen LogP contribution in [0, 0.1) is 0 Å². The third-order valence-corrected chi connectivity index (χ3v) is 4.22. The van der Waals surface area contributed by atoms with Crippen molar-refractivity contribution >= 4 is 34.6 Å². The molecule has 0 aliphatic carbocycles. The molecule has 0 bridgehead atoms. The van der Waals surface area contributed by atoms with Crippen LogP contribution in [0.1, 0.15) is 12.6 Å². The number of nitrogens with zero attached hydrogens (tertiary/aromatic N) is 1. The predicted molar refractivity (Wildman–Crippen MR) is 78.8 cm³/mol. The maximum absolute atomic E-state index is 11.8. The Balaban J connectivity index is 1.94. The average molecular weight is 310 g/mol. The first-order valence-corrected chi connectivity index (χ1v) is 7.76. The second kappa shape index (κ2) is 6.62. The van der Waals surface area contributed by atoms with E-state index in [1.165, 1.54) is 18.4 Å². The zero-order valence-corrected chi connectivity index (χ0v) is 12.7. The quantitative estimate of drug-likeness (QED) is 0.859. The molecule has 5 nitrogen and oxygen atoms in total. The Kier molecular flexibility index (Phi) is 4.86. The van der Waals surface area contributed by atoms with Crippen LogP contribution >= 0.6 is 22.7 Å². The summed E-state index contributed by atoms with van der Waals surface area (Å²) in [5, 5.41) is 9.33. The summed E-state index contributed by atoms with van der Waals surface area (Å²) in [6.07, 6.45) is 0.155. The number of carbonyl (C=O) groups is 2. The molecule has 2 heterocycles. The molecule has 2 rings (SSSR count). The summed E-state index contributed by atoms with van der Waals surface area (Å²) in [4.78, 5) is 27.4. The molecule has 0 spiro atoms. The van der Waals surface area contributed by atoms with Gasteiger partial charge in [-0.15, -0.1) is 11.3 Å². The van der Waals surface area contributed by atoms with Crippen molar-refractivity contribution in [2.24, 2.45) is 0 Å². The zero-order valence-electron chi connectivity index (χ0n) is 11.1. The van der Waals surface area contributed by atoms with Crippen molar-refractivity contribution in [3.63, 3.8) is 0 Å². The molecule has 2 aromatic rings. The molecule has 0 aromatic carbocycles. The van der Waals surface area contributed by atoms with Crippen LogP contribution in [0.15, 0.2) is 22.2 Å². The summed E-state index contributed by atoms with van der Waals surface area (Å²) in [5.74, 6) is -0.708. The summed E-state index contributed by atoms with van der Waals surface area (Å²) >= 11 is 3.11. The number of esters is 1. The van der Waals surface area contributed by atoms with E-state index < -0.39 is 12.0 Å². The van der Waals surface area contributed by atoms with E-state index in [1.807, 2.05) is 22.2 Å². The number of carbonyl (C=O) groups excluding carboxylic acids is 2. The van der Waals surface area contributed by atoms with Crippen LogP contribution in [0.3, 0.4) is 0 Å². The smallest absolute Gasteiger partial charge is 0.328 e. The minimum absolute atomic E-state index is 0.155.